The second kappa shape index (κ2) is 17.1. The van der Waals surface area contributed by atoms with E-state index in [9.17, 15) is 19.8 Å². The van der Waals surface area contributed by atoms with E-state index in [0.717, 1.165) is 38.5 Å². The number of carbonyl (C=O) groups is 2. The lowest BCUT2D eigenvalue weighted by Gasteiger charge is -2.44. The smallest absolute Gasteiger partial charge is 0.314 e. The minimum atomic E-state index is -1.36. The average molecular weight is 521 g/mol. The molecule has 0 spiro atoms. The summed E-state index contributed by atoms with van der Waals surface area (Å²) in [7, 11) is 0. The molecule has 1 heterocycles. The van der Waals surface area contributed by atoms with E-state index in [0.29, 0.717) is 25.0 Å². The highest BCUT2D eigenvalue weighted by atomic mass is 16.6. The Balaban J connectivity index is 1.85. The van der Waals surface area contributed by atoms with Crippen molar-refractivity contribution >= 4 is 11.9 Å². The van der Waals surface area contributed by atoms with Gasteiger partial charge in [0.15, 0.2) is 6.10 Å². The van der Waals surface area contributed by atoms with Crippen LogP contribution in [0, 0.1) is 10.8 Å². The van der Waals surface area contributed by atoms with Crippen molar-refractivity contribution in [3.63, 3.8) is 0 Å². The van der Waals surface area contributed by atoms with Gasteiger partial charge in [-0.15, -0.1) is 0 Å². The molecular weight excluding hydrogens is 464 g/mol. The van der Waals surface area contributed by atoms with Crippen molar-refractivity contribution in [3.8, 4) is 0 Å². The summed E-state index contributed by atoms with van der Waals surface area (Å²) in [5.74, 6) is -1.24. The zero-order chi connectivity index (χ0) is 27.0. The molecule has 0 radical (unpaired) electrons. The topological polar surface area (TPSA) is 87.1 Å². The third-order valence-electron chi connectivity index (χ3n) is 8.99. The summed E-state index contributed by atoms with van der Waals surface area (Å²) in [4.78, 5) is 25.6. The van der Waals surface area contributed by atoms with Crippen LogP contribution in [-0.4, -0.2) is 28.3 Å². The molecule has 0 bridgehead atoms. The molecule has 2 rings (SSSR count). The number of epoxide rings is 1. The maximum absolute atomic E-state index is 12.8. The number of aliphatic carboxylic acids is 2. The lowest BCUT2D eigenvalue weighted by Crippen LogP contribution is -2.53. The van der Waals surface area contributed by atoms with E-state index in [2.05, 4.69) is 13.8 Å². The van der Waals surface area contributed by atoms with Crippen LogP contribution in [0.1, 0.15) is 162 Å². The number of ether oxygens (including phenoxy) is 1. The van der Waals surface area contributed by atoms with Crippen LogP contribution in [0.4, 0.5) is 0 Å². The van der Waals surface area contributed by atoms with Gasteiger partial charge in [-0.05, 0) is 18.9 Å². The highest BCUT2D eigenvalue weighted by molar-refractivity contribution is 5.89. The molecule has 214 valence electrons. The van der Waals surface area contributed by atoms with E-state index >= 15 is 0 Å². The second-order valence-corrected chi connectivity index (χ2v) is 11.9. The third kappa shape index (κ3) is 9.62. The summed E-state index contributed by atoms with van der Waals surface area (Å²) in [6.07, 6.45) is 26.1. The predicted octanol–water partition coefficient (Wildman–Crippen LogP) is 9.44. The van der Waals surface area contributed by atoms with Crippen LogP contribution in [0.2, 0.25) is 0 Å². The summed E-state index contributed by atoms with van der Waals surface area (Å²) in [5, 5.41) is 20.9. The van der Waals surface area contributed by atoms with Gasteiger partial charge in [-0.2, -0.15) is 0 Å². The molecule has 1 saturated heterocycles. The number of hydrogen-bond donors (Lipinski definition) is 2. The molecule has 0 saturated carbocycles. The van der Waals surface area contributed by atoms with Gasteiger partial charge >= 0.3 is 11.9 Å². The van der Waals surface area contributed by atoms with Gasteiger partial charge in [0.1, 0.15) is 11.2 Å². The molecule has 0 aromatic rings. The van der Waals surface area contributed by atoms with Crippen molar-refractivity contribution in [2.75, 3.05) is 0 Å². The molecular formula is C32H56O5. The minimum Gasteiger partial charge on any atom is -0.483 e. The number of fused-ring (bicyclic) bond motifs is 1. The van der Waals surface area contributed by atoms with Crippen LogP contribution in [0.3, 0.4) is 0 Å². The number of rotatable bonds is 24. The lowest BCUT2D eigenvalue weighted by molar-refractivity contribution is -0.173. The Labute approximate surface area is 226 Å². The van der Waals surface area contributed by atoms with Crippen molar-refractivity contribution < 1.29 is 24.5 Å². The zero-order valence-corrected chi connectivity index (χ0v) is 24.0. The number of hydrogen-bond acceptors (Lipinski definition) is 3. The highest BCUT2D eigenvalue weighted by Gasteiger charge is 2.66. The van der Waals surface area contributed by atoms with E-state index in [1.165, 1.54) is 89.9 Å². The van der Waals surface area contributed by atoms with Crippen LogP contribution in [-0.2, 0) is 14.3 Å². The van der Waals surface area contributed by atoms with Crippen LogP contribution >= 0.6 is 0 Å². The Bertz CT molecular complexity index is 701. The molecule has 5 nitrogen and oxygen atoms in total. The van der Waals surface area contributed by atoms with Crippen LogP contribution in [0.15, 0.2) is 11.8 Å². The van der Waals surface area contributed by atoms with Crippen molar-refractivity contribution in [3.05, 3.63) is 11.8 Å². The molecule has 2 aliphatic rings. The molecule has 0 amide bonds. The zero-order valence-electron chi connectivity index (χ0n) is 24.0. The van der Waals surface area contributed by atoms with Gasteiger partial charge in [-0.25, -0.2) is 0 Å². The normalized spacial score (nSPS) is 24.3. The first-order valence-corrected chi connectivity index (χ1v) is 15.8. The summed E-state index contributed by atoms with van der Waals surface area (Å²) < 4.78 is 5.62. The first-order chi connectivity index (χ1) is 17.9. The van der Waals surface area contributed by atoms with E-state index < -0.39 is 22.8 Å². The summed E-state index contributed by atoms with van der Waals surface area (Å²) >= 11 is 0. The minimum absolute atomic E-state index is 0.195. The molecule has 3 atom stereocenters. The van der Waals surface area contributed by atoms with Crippen molar-refractivity contribution in [1.29, 1.82) is 0 Å². The number of unbranched alkanes of at least 4 members (excludes halogenated alkanes) is 18. The van der Waals surface area contributed by atoms with Gasteiger partial charge < -0.3 is 14.9 Å². The summed E-state index contributed by atoms with van der Waals surface area (Å²) in [6.45, 7) is 4.47. The Hall–Kier alpha value is -1.52. The Morgan fingerprint density at radius 1 is 0.676 bits per heavy atom. The van der Waals surface area contributed by atoms with Gasteiger partial charge in [0, 0.05) is 6.42 Å². The van der Waals surface area contributed by atoms with E-state index in [1.54, 1.807) is 6.08 Å². The van der Waals surface area contributed by atoms with Crippen molar-refractivity contribution in [2.45, 2.75) is 168 Å². The summed E-state index contributed by atoms with van der Waals surface area (Å²) in [6, 6.07) is 0. The fraction of sp³-hybridized carbons (Fsp3) is 0.875. The number of carboxylic acids is 2. The Kier molecular flexibility index (Phi) is 14.7. The van der Waals surface area contributed by atoms with Crippen LogP contribution in [0.25, 0.3) is 0 Å². The van der Waals surface area contributed by atoms with E-state index in [-0.39, 0.29) is 6.10 Å². The molecule has 2 N–H and O–H groups in total. The average Bonchev–Trinajstić information content (AvgIpc) is 3.63. The lowest BCUT2D eigenvalue weighted by atomic mass is 9.54. The molecule has 1 fully saturated rings. The van der Waals surface area contributed by atoms with Gasteiger partial charge in [-0.1, -0.05) is 142 Å². The predicted molar refractivity (Wildman–Crippen MR) is 151 cm³/mol. The van der Waals surface area contributed by atoms with Gasteiger partial charge in [0.25, 0.3) is 0 Å². The summed E-state index contributed by atoms with van der Waals surface area (Å²) in [5.41, 5.74) is -2.64. The van der Waals surface area contributed by atoms with Crippen molar-refractivity contribution in [1.82, 2.24) is 0 Å². The molecule has 3 unspecified atom stereocenters. The monoisotopic (exact) mass is 520 g/mol. The molecule has 5 heteroatoms. The molecule has 1 aliphatic carbocycles. The van der Waals surface area contributed by atoms with Gasteiger partial charge in [-0.3, -0.25) is 9.59 Å². The van der Waals surface area contributed by atoms with E-state index in [4.69, 9.17) is 4.74 Å². The third-order valence-corrected chi connectivity index (χ3v) is 8.99. The molecule has 0 aromatic heterocycles. The SMILES string of the molecule is CCCCCCCCCCCCC1(C(=O)O)C=C2OC2CC1(CCCCCCCCCCCC)C(=O)O. The highest BCUT2D eigenvalue weighted by Crippen LogP contribution is 2.60. The fourth-order valence-corrected chi connectivity index (χ4v) is 6.48. The molecule has 0 aromatic carbocycles. The largest absolute Gasteiger partial charge is 0.483 e. The quantitative estimate of drug-likeness (QED) is 0.0977. The van der Waals surface area contributed by atoms with Crippen LogP contribution < -0.4 is 0 Å². The molecule has 37 heavy (non-hydrogen) atoms. The van der Waals surface area contributed by atoms with Crippen molar-refractivity contribution in [2.24, 2.45) is 10.8 Å². The number of carboxylic acid groups (broad SMARTS) is 2. The van der Waals surface area contributed by atoms with Crippen LogP contribution in [0.5, 0.6) is 0 Å². The Morgan fingerprint density at radius 3 is 1.49 bits per heavy atom. The standard InChI is InChI=1S/C32H56O5/c1-3-5-7-9-11-13-15-17-19-21-23-31(29(33)34)25-27-28(37-27)26-32(31,30(35)36)24-22-20-18-16-14-12-10-8-6-4-2/h25,28H,3-24,26H2,1-2H3,(H,33,34)(H,35,36). The van der Waals surface area contributed by atoms with Gasteiger partial charge in [0.2, 0.25) is 0 Å². The molecule has 1 aliphatic heterocycles. The first-order valence-electron chi connectivity index (χ1n) is 15.8. The fourth-order valence-electron chi connectivity index (χ4n) is 6.48. The Morgan fingerprint density at radius 2 is 1.08 bits per heavy atom. The second-order valence-electron chi connectivity index (χ2n) is 11.9. The van der Waals surface area contributed by atoms with E-state index in [1.807, 2.05) is 0 Å². The van der Waals surface area contributed by atoms with Gasteiger partial charge in [0.05, 0.1) is 5.41 Å². The first kappa shape index (κ1) is 31.7. The maximum Gasteiger partial charge on any atom is 0.314 e. The maximum atomic E-state index is 12.8.